The van der Waals surface area contributed by atoms with Crippen molar-refractivity contribution in [1.82, 2.24) is 39.9 Å². The number of hydrogen-bond acceptors (Lipinski definition) is 34. The fourth-order valence-electron chi connectivity index (χ4n) is 15.9. The molecule has 8 heterocycles. The molecule has 0 saturated heterocycles. The van der Waals surface area contributed by atoms with E-state index in [0.29, 0.717) is 144 Å². The number of halogens is 6. The SMILES string of the molecule is C.C.C.CC[C@H]1C[C@@H](Nc2ncncc2C(=O)c2cc(CO)cs2)C[C@@H]1C.CN(Cc1csc(C(=O)c2cncnc2N[C@@H]2C[C@H](COS(N)(=O)=O)[C@@H](O)C2)c1)c1cccc(Cl)c1.CNc1cccc(Cl)c1.C[C@H]1C[C@H](Nc2ncncc2C(=O)c2cc(CCl)cs2)C[C@@H]1CO.C[C@H]1C[C@H](Nc2ncncc2C(=O)c2cc(CN(C)c3cccc(Cl)c3)cs2)C[C@@H]1CO.O=CO[O-].O=S(Cl)Cl.[2H]CC.[H-].[K+].[K+]. The zero-order chi connectivity index (χ0) is 99.1. The van der Waals surface area contributed by atoms with E-state index in [1.165, 1.54) is 83.3 Å². The molecule has 31 nitrogen and oxygen atoms in total. The molecule has 45 heteroatoms. The van der Waals surface area contributed by atoms with Gasteiger partial charge in [-0.05, 0) is 210 Å². The topological polar surface area (TPSA) is 455 Å². The molecule has 140 heavy (non-hydrogen) atoms. The molecular formula is C95H124Cl6K2N16O15S6. The number of benzene rings is 3. The summed E-state index contributed by atoms with van der Waals surface area (Å²) in [4.78, 5) is 103. The molecule has 4 saturated carbocycles. The van der Waals surface area contributed by atoms with E-state index >= 15 is 0 Å². The number of aliphatic hydroxyl groups excluding tert-OH is 4. The van der Waals surface area contributed by atoms with Crippen LogP contribution in [0.2, 0.25) is 15.1 Å². The van der Waals surface area contributed by atoms with Crippen molar-refractivity contribution < 1.29 is 177 Å². The molecule has 4 aliphatic rings. The van der Waals surface area contributed by atoms with Gasteiger partial charge in [0.05, 0.1) is 61.1 Å². The largest absolute Gasteiger partial charge is 1.00 e. The van der Waals surface area contributed by atoms with Crippen LogP contribution in [0.5, 0.6) is 0 Å². The molecule has 0 spiro atoms. The van der Waals surface area contributed by atoms with Gasteiger partial charge in [0, 0.05) is 163 Å². The number of aliphatic hydroxyl groups is 4. The number of anilines is 7. The number of nitrogens with zero attached hydrogens (tertiary/aromatic N) is 10. The predicted molar refractivity (Wildman–Crippen MR) is 560 cm³/mol. The van der Waals surface area contributed by atoms with Gasteiger partial charge in [0.15, 0.2) is 0 Å². The molecule has 0 bridgehead atoms. The summed E-state index contributed by atoms with van der Waals surface area (Å²) >= 11 is 29.2. The van der Waals surface area contributed by atoms with Crippen molar-refractivity contribution in [3.63, 3.8) is 0 Å². The second-order valence-corrected chi connectivity index (χ2v) is 41.1. The van der Waals surface area contributed by atoms with E-state index in [4.69, 9.17) is 67.2 Å². The second kappa shape index (κ2) is 66.6. The third-order valence-electron chi connectivity index (χ3n) is 22.8. The maximum atomic E-state index is 13.3. The van der Waals surface area contributed by atoms with Crippen LogP contribution in [-0.4, -0.2) is 174 Å². The minimum atomic E-state index is -4.09. The monoisotopic (exact) mass is 2210 g/mol. The van der Waals surface area contributed by atoms with Gasteiger partial charge in [-0.1, -0.05) is 123 Å². The molecule has 0 aliphatic heterocycles. The molecule has 8 aromatic heterocycles. The number of carbonyl (C=O) groups excluding carboxylic acids is 5. The van der Waals surface area contributed by atoms with Gasteiger partial charge >= 0.3 is 113 Å². The molecule has 3 aromatic carbocycles. The molecule has 12 atom stereocenters. The first kappa shape index (κ1) is 127. The van der Waals surface area contributed by atoms with E-state index < -0.39 is 31.6 Å². The van der Waals surface area contributed by atoms with Crippen LogP contribution < -0.4 is 150 Å². The van der Waals surface area contributed by atoms with E-state index in [1.54, 1.807) is 37.0 Å². The minimum absolute atomic E-state index is 0. The van der Waals surface area contributed by atoms with Gasteiger partial charge in [0.25, 0.3) is 6.47 Å². The fourth-order valence-corrected chi connectivity index (χ4v) is 20.5. The molecule has 4 aliphatic carbocycles. The van der Waals surface area contributed by atoms with Crippen molar-refractivity contribution in [3.05, 3.63) is 248 Å². The van der Waals surface area contributed by atoms with Gasteiger partial charge in [-0.3, -0.25) is 28.2 Å². The van der Waals surface area contributed by atoms with Crippen molar-refractivity contribution >= 4 is 203 Å². The third-order valence-corrected chi connectivity index (χ3v) is 28.2. The average molecular weight is 2210 g/mol. The summed E-state index contributed by atoms with van der Waals surface area (Å²) in [6, 6.07) is 30.7. The predicted octanol–water partition coefficient (Wildman–Crippen LogP) is 13.4. The van der Waals surface area contributed by atoms with Gasteiger partial charge in [0.2, 0.25) is 32.4 Å². The van der Waals surface area contributed by atoms with Gasteiger partial charge in [-0.2, -0.15) is 8.42 Å². The number of hydrogen-bond donors (Lipinski definition) is 10. The first-order valence-electron chi connectivity index (χ1n) is 43.5. The Hall–Kier alpha value is -5.64. The van der Waals surface area contributed by atoms with Gasteiger partial charge in [0.1, 0.15) is 48.6 Å². The van der Waals surface area contributed by atoms with E-state index in [0.717, 1.165) is 88.8 Å². The molecule has 11 N–H and O–H groups in total. The number of ketones is 4. The summed E-state index contributed by atoms with van der Waals surface area (Å²) in [5.74, 6) is 4.47. The van der Waals surface area contributed by atoms with Gasteiger partial charge in [-0.15, -0.1) is 56.9 Å². The Balaban J connectivity index is 0.000000597. The van der Waals surface area contributed by atoms with Crippen LogP contribution in [0.15, 0.2) is 169 Å². The molecule has 0 amide bonds. The summed E-state index contributed by atoms with van der Waals surface area (Å²) in [6.45, 7) is 12.3. The quantitative estimate of drug-likeness (QED) is 0.00356. The molecule has 0 radical (unpaired) electrons. The number of rotatable bonds is 32. The van der Waals surface area contributed by atoms with E-state index in [2.05, 4.69) is 129 Å². The van der Waals surface area contributed by atoms with E-state index in [1.807, 2.05) is 133 Å². The van der Waals surface area contributed by atoms with Crippen LogP contribution in [0.3, 0.4) is 0 Å². The van der Waals surface area contributed by atoms with Crippen molar-refractivity contribution in [1.29, 1.82) is 0 Å². The Morgan fingerprint density at radius 2 is 0.871 bits per heavy atom. The Kier molecular flexibility index (Phi) is 60.2. The summed E-state index contributed by atoms with van der Waals surface area (Å²) in [5, 5.41) is 77.9. The van der Waals surface area contributed by atoms with Crippen LogP contribution in [0.1, 0.15) is 208 Å². The van der Waals surface area contributed by atoms with Crippen LogP contribution in [0.25, 0.3) is 0 Å². The minimum Gasteiger partial charge on any atom is -1.00 e. The van der Waals surface area contributed by atoms with E-state index in [-0.39, 0.29) is 207 Å². The summed E-state index contributed by atoms with van der Waals surface area (Å²) in [6.07, 6.45) is 18.9. The number of alkyl halides is 1. The number of aromatic nitrogens is 8. The molecule has 0 unspecified atom stereocenters. The van der Waals surface area contributed by atoms with Crippen molar-refractivity contribution in [3.8, 4) is 0 Å². The maximum absolute atomic E-state index is 13.3. The second-order valence-electron chi connectivity index (χ2n) is 32.2. The van der Waals surface area contributed by atoms with Crippen molar-refractivity contribution in [2.45, 2.75) is 177 Å². The number of nitrogens with one attached hydrogen (secondary N) is 5. The maximum Gasteiger partial charge on any atom is 1.00 e. The Labute approximate surface area is 956 Å². The third kappa shape index (κ3) is 41.2. The molecule has 4 fully saturated rings. The molecule has 754 valence electrons. The van der Waals surface area contributed by atoms with Gasteiger partial charge < -0.3 is 68.4 Å². The number of thiophene rings is 4. The van der Waals surface area contributed by atoms with Crippen LogP contribution in [-0.2, 0) is 59.0 Å². The van der Waals surface area contributed by atoms with Crippen molar-refractivity contribution in [2.24, 2.45) is 46.6 Å². The summed E-state index contributed by atoms with van der Waals surface area (Å²) < 4.78 is 42.1. The Morgan fingerprint density at radius 1 is 0.557 bits per heavy atom. The Morgan fingerprint density at radius 3 is 1.16 bits per heavy atom. The fraction of sp³-hybridized carbons (Fsp3) is 0.421. The molecular weight excluding hydrogens is 2090 g/mol. The summed E-state index contributed by atoms with van der Waals surface area (Å²) in [7, 11) is 9.09. The average Bonchev–Trinajstić information content (AvgIpc) is 1.63. The van der Waals surface area contributed by atoms with Crippen LogP contribution in [0.4, 0.5) is 40.3 Å². The zero-order valence-corrected chi connectivity index (χ0v) is 92.9. The first-order valence-corrected chi connectivity index (χ1v) is 52.2. The number of carbonyl (C=O) groups is 5. The molecule has 11 aromatic rings. The number of nitrogens with two attached hydrogens (primary N) is 1. The summed E-state index contributed by atoms with van der Waals surface area (Å²) in [5.41, 5.74) is 8.52. The van der Waals surface area contributed by atoms with Crippen LogP contribution in [0, 0.1) is 41.4 Å². The van der Waals surface area contributed by atoms with Crippen LogP contribution >= 0.6 is 113 Å². The smallest absolute Gasteiger partial charge is 1.00 e. The Bertz CT molecular complexity index is 5660. The standard InChI is InChI=1S/C24H27ClN4O2S.C23H26ClN5O5S2.C18H23N3O2S.C17H20ClN3O2S.C7H8ClN.C2H6.CH2O3.3CH4.Cl2OS.2K.H/c1-15-6-19(8-17(15)12-30)28-24-21(10-26-14-27-24)23(31)22-7-16(13-32-22)11-29(2)20-5-3-4-18(25)9-20;1-29(18-4-2-3-16(24)7-18)10-14-5-21(35-12-14)22(31)19-9-26-13-27-23(19)28-17-6-15(20(30)8-17)11-34-36(25,32)33;1-3-13-6-14(4-11(13)2)21-18-15(7-19-10-20-18)17(23)16-5-12(8-22)9-24-16;1-10-2-13(4-12(10)7-22)21-17-14(6-19-9-20-17)16(23)15-3-11(5-18)8-24-15;1-9-7-4-2-3-6(8)5-7;1-2;2-1-4-3;;;;1-4(2)3;;;/h3-5,7,9-10,13-15,17,19,30H,6,8,11-12H2,1-2H3,(H,26,27,28);2-5,7,9,12-13,15,17,20,30H,6,8,10-11H2,1H3,(H2,25,32,33)(H,26,27,28);5,7,9-11,13-14,22H,3-4,6,8H2,1-2H3,(H,19,20,21);3,6,8-10,12-13,22H,2,4-5,7H2,1H3,(H,19,20,21);2-5,9H,1H3;1-2H3;1,3H;3*1H4;;;;/q;;;;;;;;;;;2*+1;-1/p-1/t15-,17+,19-;15-,17-,20+;11-,13-,14-;10-,12+,13-;;;;;;;;;;/m0100........../s1/i;;;;;1D;;;;;;;;. The normalized spacial score (nSPS) is 18.9. The van der Waals surface area contributed by atoms with Gasteiger partial charge in [-0.25, -0.2) is 49.2 Å². The molecule has 15 rings (SSSR count). The first-order chi connectivity index (χ1) is 65.1. The van der Waals surface area contributed by atoms with E-state index in [9.17, 15) is 48.0 Å². The zero-order valence-electron chi connectivity index (χ0n) is 79.2. The van der Waals surface area contributed by atoms with Crippen molar-refractivity contribution in [2.75, 3.05) is 77.3 Å².